The Balaban J connectivity index is 1.69. The molecule has 9 nitrogen and oxygen atoms in total. The lowest BCUT2D eigenvalue weighted by Crippen LogP contribution is -2.24. The number of aliphatic imine (C=N–C) groups is 1. The topological polar surface area (TPSA) is 123 Å². The zero-order chi connectivity index (χ0) is 24.8. The summed E-state index contributed by atoms with van der Waals surface area (Å²) in [6, 6.07) is 21.0. The van der Waals surface area contributed by atoms with Crippen molar-refractivity contribution in [1.82, 2.24) is 5.32 Å². The fourth-order valence-electron chi connectivity index (χ4n) is 3.93. The second kappa shape index (κ2) is 10.7. The van der Waals surface area contributed by atoms with Gasteiger partial charge < -0.3 is 15.4 Å². The number of nitro benzene ring substituents is 1. The molecule has 178 valence electrons. The van der Waals surface area contributed by atoms with Crippen molar-refractivity contribution >= 4 is 34.7 Å². The first kappa shape index (κ1) is 23.8. The molecule has 1 unspecified atom stereocenters. The number of ether oxygens (including phenoxy) is 1. The van der Waals surface area contributed by atoms with Crippen molar-refractivity contribution in [2.45, 2.75) is 19.4 Å². The maximum absolute atomic E-state index is 13.0. The highest BCUT2D eigenvalue weighted by atomic mass is 16.6. The minimum absolute atomic E-state index is 0.0904. The molecule has 1 heterocycles. The summed E-state index contributed by atoms with van der Waals surface area (Å²) in [5.74, 6) is -1.43. The van der Waals surface area contributed by atoms with Gasteiger partial charge in [0.1, 0.15) is 5.92 Å². The summed E-state index contributed by atoms with van der Waals surface area (Å²) < 4.78 is 4.92. The van der Waals surface area contributed by atoms with Crippen molar-refractivity contribution < 1.29 is 19.2 Å². The zero-order valence-electron chi connectivity index (χ0n) is 19.1. The summed E-state index contributed by atoms with van der Waals surface area (Å²) >= 11 is 0. The lowest BCUT2D eigenvalue weighted by molar-refractivity contribution is -0.384. The van der Waals surface area contributed by atoms with Crippen LogP contribution in [0.4, 0.5) is 17.1 Å². The minimum Gasteiger partial charge on any atom is -0.465 e. The number of non-ortho nitro benzene ring substituents is 1. The molecule has 1 amide bonds. The molecule has 4 rings (SSSR count). The second-order valence-corrected chi connectivity index (χ2v) is 7.89. The number of benzene rings is 3. The first-order valence-electron chi connectivity index (χ1n) is 11.1. The highest BCUT2D eigenvalue weighted by Crippen LogP contribution is 2.38. The number of nitro groups is 1. The molecule has 3 aromatic rings. The van der Waals surface area contributed by atoms with E-state index in [0.717, 1.165) is 11.1 Å². The largest absolute Gasteiger partial charge is 0.465 e. The van der Waals surface area contributed by atoms with Crippen molar-refractivity contribution in [3.63, 3.8) is 0 Å². The number of rotatable bonds is 9. The summed E-state index contributed by atoms with van der Waals surface area (Å²) in [5, 5.41) is 17.2. The molecule has 0 radical (unpaired) electrons. The first-order chi connectivity index (χ1) is 17.0. The van der Waals surface area contributed by atoms with Gasteiger partial charge in [0.2, 0.25) is 5.91 Å². The molecule has 9 heteroatoms. The molecule has 0 spiro atoms. The summed E-state index contributed by atoms with van der Waals surface area (Å²) in [6.07, 6.45) is 0. The van der Waals surface area contributed by atoms with E-state index in [2.05, 4.69) is 10.6 Å². The van der Waals surface area contributed by atoms with Crippen molar-refractivity contribution in [3.05, 3.63) is 99.6 Å². The van der Waals surface area contributed by atoms with E-state index in [1.807, 2.05) is 54.6 Å². The van der Waals surface area contributed by atoms with Gasteiger partial charge in [0.25, 0.3) is 5.69 Å². The lowest BCUT2D eigenvalue weighted by Gasteiger charge is -2.14. The van der Waals surface area contributed by atoms with Crippen LogP contribution < -0.4 is 10.6 Å². The number of anilines is 1. The molecule has 3 aromatic carbocycles. The second-order valence-electron chi connectivity index (χ2n) is 7.89. The van der Waals surface area contributed by atoms with Crippen LogP contribution in [0.3, 0.4) is 0 Å². The number of nitrogens with zero attached hydrogens (tertiary/aromatic N) is 2. The number of hydrogen-bond donors (Lipinski definition) is 2. The predicted octanol–water partition coefficient (Wildman–Crippen LogP) is 4.10. The minimum atomic E-state index is -0.808. The number of carbonyl (C=O) groups excluding carboxylic acids is 2. The molecule has 35 heavy (non-hydrogen) atoms. The van der Waals surface area contributed by atoms with Crippen molar-refractivity contribution in [3.8, 4) is 0 Å². The Morgan fingerprint density at radius 2 is 1.91 bits per heavy atom. The number of amides is 1. The van der Waals surface area contributed by atoms with E-state index in [1.54, 1.807) is 13.0 Å². The van der Waals surface area contributed by atoms with Gasteiger partial charge in [0.15, 0.2) is 0 Å². The van der Waals surface area contributed by atoms with Gasteiger partial charge in [0.05, 0.1) is 29.5 Å². The molecule has 1 aliphatic rings. The van der Waals surface area contributed by atoms with Gasteiger partial charge in [-0.05, 0) is 36.2 Å². The summed E-state index contributed by atoms with van der Waals surface area (Å²) in [7, 11) is 0. The smallest absolute Gasteiger partial charge is 0.319 e. The number of carbonyl (C=O) groups is 2. The third-order valence-electron chi connectivity index (χ3n) is 5.48. The van der Waals surface area contributed by atoms with Gasteiger partial charge in [-0.3, -0.25) is 24.7 Å². The standard InChI is InChI=1S/C26H24N4O5/c1-2-35-23(31)16-27-15-17-7-6-10-19(13-17)28-25(18-8-4-3-5-9-18)24-21-14-20(30(33)34)11-12-22(21)29-26(24)32/h3-14,24,27H,2,15-16H2,1H3,(H,29,32). The molecular formula is C26H24N4O5. The fourth-order valence-corrected chi connectivity index (χ4v) is 3.93. The van der Waals surface area contributed by atoms with Crippen LogP contribution >= 0.6 is 0 Å². The van der Waals surface area contributed by atoms with Gasteiger partial charge in [-0.25, -0.2) is 0 Å². The average molecular weight is 473 g/mol. The summed E-state index contributed by atoms with van der Waals surface area (Å²) in [5.41, 5.74) is 3.69. The van der Waals surface area contributed by atoms with Crippen LogP contribution in [0.25, 0.3) is 0 Å². The number of esters is 1. The average Bonchev–Trinajstić information content (AvgIpc) is 3.18. The number of nitrogens with one attached hydrogen (secondary N) is 2. The van der Waals surface area contributed by atoms with Crippen LogP contribution in [-0.4, -0.2) is 35.7 Å². The molecule has 0 aromatic heterocycles. The van der Waals surface area contributed by atoms with Crippen LogP contribution in [0.2, 0.25) is 0 Å². The SMILES string of the molecule is CCOC(=O)CNCc1cccc(N=C(c2ccccc2)C2C(=O)Nc3ccc([N+](=O)[O-])cc32)c1. The van der Waals surface area contributed by atoms with Gasteiger partial charge in [-0.2, -0.15) is 0 Å². The Morgan fingerprint density at radius 1 is 1.11 bits per heavy atom. The molecule has 0 saturated carbocycles. The lowest BCUT2D eigenvalue weighted by atomic mass is 9.90. The Hall–Kier alpha value is -4.37. The monoisotopic (exact) mass is 472 g/mol. The quantitative estimate of drug-likeness (QED) is 0.209. The van der Waals surface area contributed by atoms with Crippen LogP contribution in [-0.2, 0) is 20.9 Å². The molecule has 2 N–H and O–H groups in total. The molecular weight excluding hydrogens is 448 g/mol. The van der Waals surface area contributed by atoms with E-state index in [1.165, 1.54) is 12.1 Å². The third-order valence-corrected chi connectivity index (χ3v) is 5.48. The maximum Gasteiger partial charge on any atom is 0.319 e. The molecule has 0 saturated heterocycles. The maximum atomic E-state index is 13.0. The van der Waals surface area contributed by atoms with E-state index in [4.69, 9.17) is 9.73 Å². The number of fused-ring (bicyclic) bond motifs is 1. The van der Waals surface area contributed by atoms with E-state index in [9.17, 15) is 19.7 Å². The predicted molar refractivity (Wildman–Crippen MR) is 132 cm³/mol. The highest BCUT2D eigenvalue weighted by Gasteiger charge is 2.36. The highest BCUT2D eigenvalue weighted by molar-refractivity contribution is 6.24. The van der Waals surface area contributed by atoms with Crippen LogP contribution in [0.1, 0.15) is 29.5 Å². The Bertz CT molecular complexity index is 1290. The van der Waals surface area contributed by atoms with E-state index in [0.29, 0.717) is 35.8 Å². The Kier molecular flexibility index (Phi) is 7.27. The summed E-state index contributed by atoms with van der Waals surface area (Å²) in [6.45, 7) is 2.61. The fraction of sp³-hybridized carbons (Fsp3) is 0.192. The van der Waals surface area contributed by atoms with E-state index >= 15 is 0 Å². The molecule has 0 aliphatic carbocycles. The van der Waals surface area contributed by atoms with Gasteiger partial charge in [-0.1, -0.05) is 42.5 Å². The van der Waals surface area contributed by atoms with Crippen molar-refractivity contribution in [2.75, 3.05) is 18.5 Å². The molecule has 0 fully saturated rings. The number of hydrogen-bond acceptors (Lipinski definition) is 7. The van der Waals surface area contributed by atoms with E-state index in [-0.39, 0.29) is 24.1 Å². The van der Waals surface area contributed by atoms with Crippen LogP contribution in [0.5, 0.6) is 0 Å². The normalized spacial score (nSPS) is 14.8. The molecule has 0 bridgehead atoms. The summed E-state index contributed by atoms with van der Waals surface area (Å²) in [4.78, 5) is 40.3. The zero-order valence-corrected chi connectivity index (χ0v) is 19.1. The third kappa shape index (κ3) is 5.59. The molecule has 1 aliphatic heterocycles. The first-order valence-corrected chi connectivity index (χ1v) is 11.1. The Labute approximate surface area is 202 Å². The molecule has 1 atom stereocenters. The van der Waals surface area contributed by atoms with Gasteiger partial charge in [-0.15, -0.1) is 0 Å². The van der Waals surface area contributed by atoms with Gasteiger partial charge >= 0.3 is 5.97 Å². The van der Waals surface area contributed by atoms with Gasteiger partial charge in [0, 0.05) is 29.9 Å². The van der Waals surface area contributed by atoms with Crippen LogP contribution in [0, 0.1) is 10.1 Å². The van der Waals surface area contributed by atoms with Crippen LogP contribution in [0.15, 0.2) is 77.8 Å². The van der Waals surface area contributed by atoms with E-state index < -0.39 is 10.8 Å². The van der Waals surface area contributed by atoms with Crippen molar-refractivity contribution in [1.29, 1.82) is 0 Å². The Morgan fingerprint density at radius 3 is 2.66 bits per heavy atom. The van der Waals surface area contributed by atoms with Crippen molar-refractivity contribution in [2.24, 2.45) is 4.99 Å².